The molecule has 2 heterocycles. The highest BCUT2D eigenvalue weighted by Gasteiger charge is 2.28. The maximum absolute atomic E-state index is 4.84. The Morgan fingerprint density at radius 3 is 2.81 bits per heavy atom. The molecule has 21 heavy (non-hydrogen) atoms. The van der Waals surface area contributed by atoms with E-state index in [1.165, 1.54) is 36.9 Å². The molecule has 108 valence electrons. The maximum atomic E-state index is 4.84. The molecule has 1 aliphatic carbocycles. The van der Waals surface area contributed by atoms with Crippen molar-refractivity contribution in [3.8, 4) is 0 Å². The van der Waals surface area contributed by atoms with Crippen molar-refractivity contribution >= 4 is 27.4 Å². The van der Waals surface area contributed by atoms with E-state index in [-0.39, 0.29) is 0 Å². The normalized spacial score (nSPS) is 18.2. The van der Waals surface area contributed by atoms with E-state index in [2.05, 4.69) is 50.1 Å². The first-order chi connectivity index (χ1) is 10.3. The number of hydrogen-bond donors (Lipinski definition) is 0. The van der Waals surface area contributed by atoms with Crippen LogP contribution in [0.15, 0.2) is 34.9 Å². The SMILES string of the molecule is Brc1cc(N2CCCCc3ccccc32)nc(C2CC2)n1. The molecule has 0 radical (unpaired) electrons. The number of anilines is 2. The molecular formula is C17H18BrN3. The van der Waals surface area contributed by atoms with Crippen molar-refractivity contribution in [1.29, 1.82) is 0 Å². The predicted molar refractivity (Wildman–Crippen MR) is 88.1 cm³/mol. The molecular weight excluding hydrogens is 326 g/mol. The van der Waals surface area contributed by atoms with Crippen molar-refractivity contribution in [3.63, 3.8) is 0 Å². The summed E-state index contributed by atoms with van der Waals surface area (Å²) in [4.78, 5) is 11.8. The fourth-order valence-electron chi connectivity index (χ4n) is 3.01. The van der Waals surface area contributed by atoms with Gasteiger partial charge in [-0.25, -0.2) is 9.97 Å². The minimum absolute atomic E-state index is 0.573. The summed E-state index contributed by atoms with van der Waals surface area (Å²) in [6, 6.07) is 10.8. The topological polar surface area (TPSA) is 29.0 Å². The van der Waals surface area contributed by atoms with Gasteiger partial charge in [0.15, 0.2) is 0 Å². The molecule has 4 heteroatoms. The standard InChI is InChI=1S/C17H18BrN3/c18-15-11-16(20-17(19-15)13-8-9-13)21-10-4-3-6-12-5-1-2-7-14(12)21/h1-2,5,7,11,13H,3-4,6,8-10H2. The van der Waals surface area contributed by atoms with E-state index in [4.69, 9.17) is 4.98 Å². The zero-order chi connectivity index (χ0) is 14.2. The van der Waals surface area contributed by atoms with Gasteiger partial charge in [0.25, 0.3) is 0 Å². The number of aryl methyl sites for hydroxylation is 1. The smallest absolute Gasteiger partial charge is 0.137 e. The summed E-state index contributed by atoms with van der Waals surface area (Å²) in [7, 11) is 0. The third-order valence-corrected chi connectivity index (χ3v) is 4.68. The van der Waals surface area contributed by atoms with Gasteiger partial charge in [-0.3, -0.25) is 0 Å². The highest BCUT2D eigenvalue weighted by atomic mass is 79.9. The lowest BCUT2D eigenvalue weighted by molar-refractivity contribution is 0.754. The number of benzene rings is 1. The lowest BCUT2D eigenvalue weighted by atomic mass is 10.1. The fourth-order valence-corrected chi connectivity index (χ4v) is 3.40. The zero-order valence-corrected chi connectivity index (χ0v) is 13.5. The van der Waals surface area contributed by atoms with E-state index in [1.807, 2.05) is 6.07 Å². The van der Waals surface area contributed by atoms with Crippen molar-refractivity contribution < 1.29 is 0 Å². The van der Waals surface area contributed by atoms with Gasteiger partial charge < -0.3 is 4.90 Å². The number of para-hydroxylation sites is 1. The van der Waals surface area contributed by atoms with Gasteiger partial charge in [-0.1, -0.05) is 18.2 Å². The van der Waals surface area contributed by atoms with Gasteiger partial charge in [0.2, 0.25) is 0 Å². The van der Waals surface area contributed by atoms with Crippen LogP contribution in [0.5, 0.6) is 0 Å². The molecule has 1 aromatic heterocycles. The fraction of sp³-hybridized carbons (Fsp3) is 0.412. The molecule has 0 N–H and O–H groups in total. The van der Waals surface area contributed by atoms with Gasteiger partial charge in [-0.15, -0.1) is 0 Å². The van der Waals surface area contributed by atoms with Crippen molar-refractivity contribution in [3.05, 3.63) is 46.3 Å². The van der Waals surface area contributed by atoms with E-state index in [1.54, 1.807) is 0 Å². The van der Waals surface area contributed by atoms with E-state index < -0.39 is 0 Å². The number of aromatic nitrogens is 2. The second kappa shape index (κ2) is 5.41. The molecule has 0 amide bonds. The van der Waals surface area contributed by atoms with Crippen molar-refractivity contribution in [2.45, 2.75) is 38.0 Å². The van der Waals surface area contributed by atoms with Crippen LogP contribution in [0.4, 0.5) is 11.5 Å². The first kappa shape index (κ1) is 13.3. The molecule has 3 nitrogen and oxygen atoms in total. The summed E-state index contributed by atoms with van der Waals surface area (Å²) < 4.78 is 0.899. The first-order valence-corrected chi connectivity index (χ1v) is 8.50. The third kappa shape index (κ3) is 2.69. The van der Waals surface area contributed by atoms with Crippen molar-refractivity contribution in [2.24, 2.45) is 0 Å². The largest absolute Gasteiger partial charge is 0.326 e. The Morgan fingerprint density at radius 2 is 1.95 bits per heavy atom. The average molecular weight is 344 g/mol. The number of nitrogens with zero attached hydrogens (tertiary/aromatic N) is 3. The Morgan fingerprint density at radius 1 is 1.10 bits per heavy atom. The van der Waals surface area contributed by atoms with Gasteiger partial charge in [0.05, 0.1) is 0 Å². The third-order valence-electron chi connectivity index (χ3n) is 4.28. The molecule has 0 saturated heterocycles. The van der Waals surface area contributed by atoms with Crippen LogP contribution >= 0.6 is 15.9 Å². The van der Waals surface area contributed by atoms with E-state index >= 15 is 0 Å². The lowest BCUT2D eigenvalue weighted by Gasteiger charge is -2.24. The summed E-state index contributed by atoms with van der Waals surface area (Å²) in [5.74, 6) is 2.61. The quantitative estimate of drug-likeness (QED) is 0.746. The zero-order valence-electron chi connectivity index (χ0n) is 11.9. The Balaban J connectivity index is 1.78. The van der Waals surface area contributed by atoms with Crippen LogP contribution in [-0.4, -0.2) is 16.5 Å². The van der Waals surface area contributed by atoms with E-state index in [9.17, 15) is 0 Å². The van der Waals surface area contributed by atoms with Crippen LogP contribution in [0.3, 0.4) is 0 Å². The Hall–Kier alpha value is -1.42. The van der Waals surface area contributed by atoms with Crippen LogP contribution in [0.25, 0.3) is 0 Å². The monoisotopic (exact) mass is 343 g/mol. The van der Waals surface area contributed by atoms with Gasteiger partial charge in [0.1, 0.15) is 16.2 Å². The van der Waals surface area contributed by atoms with Gasteiger partial charge in [-0.05, 0) is 59.7 Å². The molecule has 0 spiro atoms. The molecule has 0 unspecified atom stereocenters. The average Bonchev–Trinajstić information content (AvgIpc) is 3.33. The summed E-state index contributed by atoms with van der Waals surface area (Å²) in [5, 5.41) is 0. The van der Waals surface area contributed by atoms with Crippen molar-refractivity contribution in [2.75, 3.05) is 11.4 Å². The summed E-state index contributed by atoms with van der Waals surface area (Å²) in [6.07, 6.45) is 6.07. The highest BCUT2D eigenvalue weighted by molar-refractivity contribution is 9.10. The molecule has 1 aliphatic heterocycles. The van der Waals surface area contributed by atoms with E-state index in [0.29, 0.717) is 5.92 Å². The second-order valence-corrected chi connectivity index (χ2v) is 6.73. The number of fused-ring (bicyclic) bond motifs is 1. The number of halogens is 1. The predicted octanol–water partition coefficient (Wildman–Crippen LogP) is 4.59. The van der Waals surface area contributed by atoms with Crippen molar-refractivity contribution in [1.82, 2.24) is 9.97 Å². The Kier molecular flexibility index (Phi) is 3.42. The molecule has 2 aromatic rings. The lowest BCUT2D eigenvalue weighted by Crippen LogP contribution is -2.20. The maximum Gasteiger partial charge on any atom is 0.137 e. The number of hydrogen-bond acceptors (Lipinski definition) is 3. The Labute approximate surface area is 133 Å². The first-order valence-electron chi connectivity index (χ1n) is 7.71. The Bertz CT molecular complexity index is 667. The minimum atomic E-state index is 0.573. The summed E-state index contributed by atoms with van der Waals surface area (Å²) in [5.41, 5.74) is 2.74. The number of rotatable bonds is 2. The minimum Gasteiger partial charge on any atom is -0.326 e. The highest BCUT2D eigenvalue weighted by Crippen LogP contribution is 2.40. The van der Waals surface area contributed by atoms with Crippen LogP contribution in [0.1, 0.15) is 43.0 Å². The molecule has 4 rings (SSSR count). The van der Waals surface area contributed by atoms with Crippen LogP contribution < -0.4 is 4.90 Å². The summed E-state index contributed by atoms with van der Waals surface area (Å²) >= 11 is 3.56. The molecule has 0 atom stereocenters. The molecule has 1 fully saturated rings. The molecule has 1 saturated carbocycles. The van der Waals surface area contributed by atoms with Crippen LogP contribution in [0, 0.1) is 0 Å². The molecule has 0 bridgehead atoms. The van der Waals surface area contributed by atoms with Gasteiger partial charge >= 0.3 is 0 Å². The summed E-state index contributed by atoms with van der Waals surface area (Å²) in [6.45, 7) is 1.03. The van der Waals surface area contributed by atoms with Crippen LogP contribution in [-0.2, 0) is 6.42 Å². The second-order valence-electron chi connectivity index (χ2n) is 5.92. The molecule has 2 aliphatic rings. The molecule has 1 aromatic carbocycles. The van der Waals surface area contributed by atoms with Crippen LogP contribution in [0.2, 0.25) is 0 Å². The van der Waals surface area contributed by atoms with E-state index in [0.717, 1.165) is 29.2 Å². The van der Waals surface area contributed by atoms with Gasteiger partial charge in [-0.2, -0.15) is 0 Å². The van der Waals surface area contributed by atoms with Gasteiger partial charge in [0, 0.05) is 24.2 Å².